The van der Waals surface area contributed by atoms with Crippen molar-refractivity contribution in [1.29, 1.82) is 0 Å². The third-order valence-electron chi connectivity index (χ3n) is 2.25. The van der Waals surface area contributed by atoms with E-state index in [4.69, 9.17) is 5.73 Å². The smallest absolute Gasteiger partial charge is 0.0391 e. The van der Waals surface area contributed by atoms with Gasteiger partial charge in [-0.25, -0.2) is 0 Å². The van der Waals surface area contributed by atoms with Crippen LogP contribution in [0.1, 0.15) is 11.1 Å². The van der Waals surface area contributed by atoms with Gasteiger partial charge in [-0.3, -0.25) is 0 Å². The molecule has 0 aliphatic rings. The van der Waals surface area contributed by atoms with Crippen molar-refractivity contribution in [3.63, 3.8) is 0 Å². The first-order chi connectivity index (χ1) is 6.24. The number of rotatable bonds is 1. The first-order valence-corrected chi connectivity index (χ1v) is 6.05. The van der Waals surface area contributed by atoms with Crippen molar-refractivity contribution >= 4 is 43.0 Å². The van der Waals surface area contributed by atoms with E-state index in [1.807, 2.05) is 0 Å². The molecule has 0 bridgehead atoms. The summed E-state index contributed by atoms with van der Waals surface area (Å²) < 4.78 is 1.32. The fourth-order valence-electron chi connectivity index (χ4n) is 1.48. The number of aryl methyl sites for hydroxylation is 1. The molecule has 1 aromatic carbocycles. The molecule has 1 aromatic heterocycles. The van der Waals surface area contributed by atoms with E-state index in [2.05, 4.69) is 40.4 Å². The summed E-state index contributed by atoms with van der Waals surface area (Å²) in [7, 11) is 0. The van der Waals surface area contributed by atoms with Crippen LogP contribution in [0.15, 0.2) is 17.5 Å². The number of thiophene rings is 1. The Morgan fingerprint density at radius 1 is 1.54 bits per heavy atom. The van der Waals surface area contributed by atoms with Gasteiger partial charge in [0.1, 0.15) is 0 Å². The number of hydrogen-bond donors (Lipinski definition) is 1. The number of alkyl halides is 1. The van der Waals surface area contributed by atoms with Crippen molar-refractivity contribution in [1.82, 2.24) is 0 Å². The summed E-state index contributed by atoms with van der Waals surface area (Å²) in [5, 5.41) is 4.22. The van der Waals surface area contributed by atoms with Crippen molar-refractivity contribution in [2.24, 2.45) is 0 Å². The number of nitrogen functional groups attached to an aromatic ring is 1. The van der Waals surface area contributed by atoms with Gasteiger partial charge in [-0.2, -0.15) is 0 Å². The molecular formula is C10H10BrNS. The second-order valence-corrected chi connectivity index (χ2v) is 4.56. The van der Waals surface area contributed by atoms with E-state index >= 15 is 0 Å². The Morgan fingerprint density at radius 3 is 3.00 bits per heavy atom. The predicted octanol–water partition coefficient (Wildman–Crippen LogP) is 3.69. The zero-order valence-electron chi connectivity index (χ0n) is 7.30. The molecule has 1 heterocycles. The van der Waals surface area contributed by atoms with Gasteiger partial charge in [0.2, 0.25) is 0 Å². The summed E-state index contributed by atoms with van der Waals surface area (Å²) in [6, 6.07) is 4.29. The SMILES string of the molecule is Cc1cc2sccc2c(CBr)c1N. The molecule has 0 saturated heterocycles. The van der Waals surface area contributed by atoms with E-state index in [0.29, 0.717) is 0 Å². The normalized spacial score (nSPS) is 10.9. The maximum atomic E-state index is 5.99. The van der Waals surface area contributed by atoms with E-state index < -0.39 is 0 Å². The number of anilines is 1. The third kappa shape index (κ3) is 1.36. The lowest BCUT2D eigenvalue weighted by Gasteiger charge is -2.07. The Balaban J connectivity index is 2.87. The third-order valence-corrected chi connectivity index (χ3v) is 3.68. The van der Waals surface area contributed by atoms with Crippen LogP contribution in [0.25, 0.3) is 10.1 Å². The number of fused-ring (bicyclic) bond motifs is 1. The molecule has 0 radical (unpaired) electrons. The minimum Gasteiger partial charge on any atom is -0.398 e. The number of benzene rings is 1. The maximum Gasteiger partial charge on any atom is 0.0391 e. The monoisotopic (exact) mass is 255 g/mol. The highest BCUT2D eigenvalue weighted by atomic mass is 79.9. The molecule has 2 N–H and O–H groups in total. The summed E-state index contributed by atoms with van der Waals surface area (Å²) in [5.41, 5.74) is 9.30. The van der Waals surface area contributed by atoms with E-state index in [1.165, 1.54) is 21.2 Å². The van der Waals surface area contributed by atoms with Crippen LogP contribution < -0.4 is 5.73 Å². The Kier molecular flexibility index (Phi) is 2.30. The molecule has 2 rings (SSSR count). The van der Waals surface area contributed by atoms with Crippen LogP contribution in [0, 0.1) is 6.92 Å². The summed E-state index contributed by atoms with van der Waals surface area (Å²) in [6.07, 6.45) is 0. The Bertz CT molecular complexity index is 447. The highest BCUT2D eigenvalue weighted by Gasteiger charge is 2.07. The van der Waals surface area contributed by atoms with Crippen molar-refractivity contribution in [3.8, 4) is 0 Å². The lowest BCUT2D eigenvalue weighted by Crippen LogP contribution is -1.95. The molecule has 0 saturated carbocycles. The van der Waals surface area contributed by atoms with Crippen molar-refractivity contribution < 1.29 is 0 Å². The van der Waals surface area contributed by atoms with E-state index in [1.54, 1.807) is 11.3 Å². The molecule has 0 amide bonds. The maximum absolute atomic E-state index is 5.99. The van der Waals surface area contributed by atoms with Gasteiger partial charge in [0.05, 0.1) is 0 Å². The first kappa shape index (κ1) is 9.03. The summed E-state index contributed by atoms with van der Waals surface area (Å²) in [5.74, 6) is 0. The largest absolute Gasteiger partial charge is 0.398 e. The molecule has 0 fully saturated rings. The van der Waals surface area contributed by atoms with Gasteiger partial charge in [-0.15, -0.1) is 11.3 Å². The van der Waals surface area contributed by atoms with Crippen LogP contribution in [0.2, 0.25) is 0 Å². The molecule has 0 spiro atoms. The fourth-order valence-corrected chi connectivity index (χ4v) is 3.00. The number of nitrogens with two attached hydrogens (primary N) is 1. The Morgan fingerprint density at radius 2 is 2.31 bits per heavy atom. The lowest BCUT2D eigenvalue weighted by molar-refractivity contribution is 1.42. The van der Waals surface area contributed by atoms with Crippen molar-refractivity contribution in [3.05, 3.63) is 28.6 Å². The van der Waals surface area contributed by atoms with E-state index in [0.717, 1.165) is 11.0 Å². The van der Waals surface area contributed by atoms with Crippen LogP contribution in [0.4, 0.5) is 5.69 Å². The summed E-state index contributed by atoms with van der Waals surface area (Å²) >= 11 is 5.24. The molecule has 68 valence electrons. The molecular weight excluding hydrogens is 246 g/mol. The topological polar surface area (TPSA) is 26.0 Å². The zero-order valence-corrected chi connectivity index (χ0v) is 9.71. The minimum absolute atomic E-state index is 0.827. The Hall–Kier alpha value is -0.540. The number of halogens is 1. The molecule has 0 aliphatic heterocycles. The first-order valence-electron chi connectivity index (χ1n) is 4.05. The molecule has 1 nitrogen and oxygen atoms in total. The van der Waals surface area contributed by atoms with Gasteiger partial charge in [-0.1, -0.05) is 15.9 Å². The highest BCUT2D eigenvalue weighted by molar-refractivity contribution is 9.08. The molecule has 13 heavy (non-hydrogen) atoms. The predicted molar refractivity (Wildman–Crippen MR) is 63.6 cm³/mol. The van der Waals surface area contributed by atoms with Crippen LogP contribution >= 0.6 is 27.3 Å². The summed E-state index contributed by atoms with van der Waals surface area (Å²) in [4.78, 5) is 0. The zero-order chi connectivity index (χ0) is 9.42. The van der Waals surface area contributed by atoms with Gasteiger partial charge >= 0.3 is 0 Å². The van der Waals surface area contributed by atoms with Gasteiger partial charge in [0.15, 0.2) is 0 Å². The van der Waals surface area contributed by atoms with Gasteiger partial charge in [-0.05, 0) is 40.9 Å². The quantitative estimate of drug-likeness (QED) is 0.611. The molecule has 2 aromatic rings. The molecule has 0 atom stereocenters. The van der Waals surface area contributed by atoms with Crippen LogP contribution in [0.5, 0.6) is 0 Å². The van der Waals surface area contributed by atoms with Crippen molar-refractivity contribution in [2.75, 3.05) is 5.73 Å². The van der Waals surface area contributed by atoms with Gasteiger partial charge < -0.3 is 5.73 Å². The number of hydrogen-bond acceptors (Lipinski definition) is 2. The van der Waals surface area contributed by atoms with Gasteiger partial charge in [0, 0.05) is 15.7 Å². The molecule has 0 unspecified atom stereocenters. The van der Waals surface area contributed by atoms with Crippen LogP contribution in [-0.4, -0.2) is 0 Å². The van der Waals surface area contributed by atoms with E-state index in [-0.39, 0.29) is 0 Å². The average molecular weight is 256 g/mol. The standard InChI is InChI=1S/C10H10BrNS/c1-6-4-9-7(2-3-13-9)8(5-11)10(6)12/h2-4H,5,12H2,1H3. The highest BCUT2D eigenvalue weighted by Crippen LogP contribution is 2.32. The van der Waals surface area contributed by atoms with Crippen LogP contribution in [0.3, 0.4) is 0 Å². The second-order valence-electron chi connectivity index (χ2n) is 3.05. The Labute approximate surface area is 89.7 Å². The average Bonchev–Trinajstić information content (AvgIpc) is 2.54. The lowest BCUT2D eigenvalue weighted by atomic mass is 10.1. The summed E-state index contributed by atoms with van der Waals surface area (Å²) in [6.45, 7) is 2.06. The second kappa shape index (κ2) is 3.31. The fraction of sp³-hybridized carbons (Fsp3) is 0.200. The molecule has 0 aliphatic carbocycles. The van der Waals surface area contributed by atoms with E-state index in [9.17, 15) is 0 Å². The minimum atomic E-state index is 0.827. The van der Waals surface area contributed by atoms with Gasteiger partial charge in [0.25, 0.3) is 0 Å². The van der Waals surface area contributed by atoms with Crippen LogP contribution in [-0.2, 0) is 5.33 Å². The molecule has 3 heteroatoms. The van der Waals surface area contributed by atoms with Crippen molar-refractivity contribution in [2.45, 2.75) is 12.3 Å².